The molecule has 3 aliphatic rings. The Morgan fingerprint density at radius 3 is 2.28 bits per heavy atom. The summed E-state index contributed by atoms with van der Waals surface area (Å²) < 4.78 is 14.7. The van der Waals surface area contributed by atoms with Crippen molar-refractivity contribution in [3.05, 3.63) is 131 Å². The summed E-state index contributed by atoms with van der Waals surface area (Å²) in [6, 6.07) is 29.1. The Hall–Kier alpha value is -6.38. The van der Waals surface area contributed by atoms with Crippen molar-refractivity contribution < 1.29 is 23.6 Å². The SMILES string of the molecule is O=C1CCC(c2cccc(N3CCC(CN4CCN(C(=O)Cc5ccc(Nc6ncc(F)c(Nc7ccc(C(=O)Nc8ccccc8Cl)cc7)n6)cc5)CC4)CC3)c2)C(=O)N1. The van der Waals surface area contributed by atoms with E-state index in [0.717, 1.165) is 68.6 Å². The molecule has 314 valence electrons. The maximum Gasteiger partial charge on any atom is 0.255 e. The lowest BCUT2D eigenvalue weighted by atomic mass is 9.90. The predicted octanol–water partition coefficient (Wildman–Crippen LogP) is 7.13. The highest BCUT2D eigenvalue weighted by Crippen LogP contribution is 2.31. The molecular weight excluding hydrogens is 797 g/mol. The van der Waals surface area contributed by atoms with E-state index in [1.54, 1.807) is 48.5 Å². The number of carbonyl (C=O) groups excluding carboxylic acids is 4. The van der Waals surface area contributed by atoms with Crippen LogP contribution in [0, 0.1) is 11.7 Å². The van der Waals surface area contributed by atoms with Crippen LogP contribution in [0.1, 0.15) is 53.1 Å². The molecule has 4 N–H and O–H groups in total. The molecule has 3 aliphatic heterocycles. The fourth-order valence-electron chi connectivity index (χ4n) is 8.10. The van der Waals surface area contributed by atoms with Crippen molar-refractivity contribution in [1.82, 2.24) is 25.1 Å². The quantitative estimate of drug-likeness (QED) is 0.0956. The molecule has 0 radical (unpaired) electrons. The van der Waals surface area contributed by atoms with Crippen LogP contribution in [0.5, 0.6) is 0 Å². The van der Waals surface area contributed by atoms with Gasteiger partial charge in [0.1, 0.15) is 0 Å². The number of anilines is 6. The van der Waals surface area contributed by atoms with E-state index in [9.17, 15) is 23.6 Å². The minimum Gasteiger partial charge on any atom is -0.372 e. The maximum atomic E-state index is 14.7. The number of piperazine rings is 1. The van der Waals surface area contributed by atoms with Crippen molar-refractivity contribution in [2.24, 2.45) is 5.92 Å². The van der Waals surface area contributed by atoms with Crippen LogP contribution in [0.4, 0.5) is 38.9 Å². The van der Waals surface area contributed by atoms with Gasteiger partial charge in [-0.3, -0.25) is 29.4 Å². The summed E-state index contributed by atoms with van der Waals surface area (Å²) in [6.45, 7) is 6.04. The van der Waals surface area contributed by atoms with Crippen LogP contribution in [0.15, 0.2) is 103 Å². The molecule has 5 aromatic rings. The third-order valence-corrected chi connectivity index (χ3v) is 11.9. The molecule has 8 rings (SSSR count). The predicted molar refractivity (Wildman–Crippen MR) is 234 cm³/mol. The number of nitrogens with one attached hydrogen (secondary N) is 4. The fourth-order valence-corrected chi connectivity index (χ4v) is 8.29. The number of nitrogens with zero attached hydrogens (tertiary/aromatic N) is 5. The number of para-hydroxylation sites is 1. The molecular formula is C46H47ClFN9O4. The number of hydrogen-bond donors (Lipinski definition) is 4. The van der Waals surface area contributed by atoms with Crippen molar-refractivity contribution in [2.45, 2.75) is 38.0 Å². The largest absolute Gasteiger partial charge is 0.372 e. The van der Waals surface area contributed by atoms with Crippen LogP contribution in [-0.2, 0) is 20.8 Å². The van der Waals surface area contributed by atoms with Gasteiger partial charge in [-0.1, -0.05) is 48.0 Å². The molecule has 13 nitrogen and oxygen atoms in total. The number of benzene rings is 4. The highest BCUT2D eigenvalue weighted by atomic mass is 35.5. The van der Waals surface area contributed by atoms with E-state index in [1.807, 2.05) is 41.3 Å². The van der Waals surface area contributed by atoms with Crippen LogP contribution in [-0.4, -0.2) is 89.2 Å². The molecule has 0 spiro atoms. The molecule has 1 atom stereocenters. The van der Waals surface area contributed by atoms with Gasteiger partial charge in [0, 0.05) is 74.9 Å². The van der Waals surface area contributed by atoms with Crippen LogP contribution < -0.4 is 26.2 Å². The Morgan fingerprint density at radius 1 is 0.820 bits per heavy atom. The van der Waals surface area contributed by atoms with Gasteiger partial charge in [0.25, 0.3) is 5.91 Å². The Balaban J connectivity index is 0.762. The van der Waals surface area contributed by atoms with Gasteiger partial charge < -0.3 is 25.8 Å². The number of amides is 4. The van der Waals surface area contributed by atoms with E-state index < -0.39 is 5.82 Å². The van der Waals surface area contributed by atoms with E-state index in [4.69, 9.17) is 11.6 Å². The van der Waals surface area contributed by atoms with Crippen LogP contribution in [0.25, 0.3) is 0 Å². The maximum absolute atomic E-state index is 14.7. The zero-order valence-electron chi connectivity index (χ0n) is 33.6. The minimum absolute atomic E-state index is 0.0370. The first-order valence-corrected chi connectivity index (χ1v) is 21.0. The Morgan fingerprint density at radius 2 is 1.54 bits per heavy atom. The lowest BCUT2D eigenvalue weighted by Gasteiger charge is -2.39. The lowest BCUT2D eigenvalue weighted by molar-refractivity contribution is -0.134. The molecule has 3 fully saturated rings. The first kappa shape index (κ1) is 41.4. The fraction of sp³-hybridized carbons (Fsp3) is 0.304. The Bertz CT molecular complexity index is 2380. The van der Waals surface area contributed by atoms with Gasteiger partial charge in [0.15, 0.2) is 11.6 Å². The lowest BCUT2D eigenvalue weighted by Crippen LogP contribution is -2.50. The summed E-state index contributed by atoms with van der Waals surface area (Å²) >= 11 is 6.16. The summed E-state index contributed by atoms with van der Waals surface area (Å²) in [4.78, 5) is 65.2. The summed E-state index contributed by atoms with van der Waals surface area (Å²) in [5.74, 6) is -0.823. The number of halogens is 2. The molecule has 15 heteroatoms. The first-order chi connectivity index (χ1) is 29.6. The third kappa shape index (κ3) is 10.5. The van der Waals surface area contributed by atoms with E-state index in [2.05, 4.69) is 53.2 Å². The number of carbonyl (C=O) groups is 4. The molecule has 0 aliphatic carbocycles. The molecule has 4 heterocycles. The monoisotopic (exact) mass is 843 g/mol. The van der Waals surface area contributed by atoms with Gasteiger partial charge in [-0.2, -0.15) is 4.98 Å². The normalized spacial score (nSPS) is 17.4. The third-order valence-electron chi connectivity index (χ3n) is 11.6. The zero-order valence-corrected chi connectivity index (χ0v) is 34.3. The van der Waals surface area contributed by atoms with Crippen molar-refractivity contribution in [1.29, 1.82) is 0 Å². The van der Waals surface area contributed by atoms with E-state index >= 15 is 0 Å². The summed E-state index contributed by atoms with van der Waals surface area (Å²) in [5, 5.41) is 11.7. The number of imide groups is 1. The van der Waals surface area contributed by atoms with Crippen molar-refractivity contribution >= 4 is 69.7 Å². The van der Waals surface area contributed by atoms with Gasteiger partial charge in [-0.15, -0.1) is 0 Å². The zero-order chi connectivity index (χ0) is 42.3. The average Bonchev–Trinajstić information content (AvgIpc) is 3.27. The second kappa shape index (κ2) is 18.9. The average molecular weight is 844 g/mol. The molecule has 4 aromatic carbocycles. The van der Waals surface area contributed by atoms with E-state index in [0.29, 0.717) is 65.9 Å². The number of hydrogen-bond acceptors (Lipinski definition) is 10. The molecule has 1 unspecified atom stereocenters. The second-order valence-corrected chi connectivity index (χ2v) is 16.1. The van der Waals surface area contributed by atoms with E-state index in [1.165, 1.54) is 0 Å². The number of aromatic nitrogens is 2. The topological polar surface area (TPSA) is 152 Å². The standard InChI is InChI=1S/C46H47ClFN9O4/c47-38-6-1-2-7-40(38)52-44(60)32-10-14-34(15-11-32)50-43-39(48)28-49-46(54-43)51-35-12-8-30(9-13-35)26-42(59)57-24-22-55(23-25-57)29-31-18-20-56(21-19-31)36-5-3-4-33(27-36)37-16-17-41(58)53-45(37)61/h1-15,27-28,31,37H,16-26,29H2,(H,52,60)(H,53,58,61)(H2,49,50,51,54). The summed E-state index contributed by atoms with van der Waals surface area (Å²) in [5.41, 5.74) is 5.10. The Labute approximate surface area is 358 Å². The molecule has 0 bridgehead atoms. The van der Waals surface area contributed by atoms with Crippen LogP contribution in [0.3, 0.4) is 0 Å². The van der Waals surface area contributed by atoms with Crippen molar-refractivity contribution in [3.63, 3.8) is 0 Å². The molecule has 4 amide bonds. The summed E-state index contributed by atoms with van der Waals surface area (Å²) in [6.07, 6.45) is 4.47. The highest BCUT2D eigenvalue weighted by Gasteiger charge is 2.29. The van der Waals surface area contributed by atoms with Gasteiger partial charge in [0.05, 0.1) is 29.2 Å². The van der Waals surface area contributed by atoms with Gasteiger partial charge in [-0.25, -0.2) is 9.37 Å². The van der Waals surface area contributed by atoms with Gasteiger partial charge in [0.2, 0.25) is 23.7 Å². The number of rotatable bonds is 12. The Kier molecular flexibility index (Phi) is 12.8. The number of piperidine rings is 2. The van der Waals surface area contributed by atoms with Crippen LogP contribution in [0.2, 0.25) is 5.02 Å². The van der Waals surface area contributed by atoms with Crippen molar-refractivity contribution in [2.75, 3.05) is 66.7 Å². The van der Waals surface area contributed by atoms with Gasteiger partial charge in [-0.05, 0) is 97.0 Å². The first-order valence-electron chi connectivity index (χ1n) is 20.6. The van der Waals surface area contributed by atoms with E-state index in [-0.39, 0.29) is 41.3 Å². The second-order valence-electron chi connectivity index (χ2n) is 15.7. The minimum atomic E-state index is -0.644. The smallest absolute Gasteiger partial charge is 0.255 e. The van der Waals surface area contributed by atoms with Crippen molar-refractivity contribution in [3.8, 4) is 0 Å². The molecule has 0 saturated carbocycles. The highest BCUT2D eigenvalue weighted by molar-refractivity contribution is 6.33. The summed E-state index contributed by atoms with van der Waals surface area (Å²) in [7, 11) is 0. The molecule has 1 aromatic heterocycles. The van der Waals surface area contributed by atoms with Gasteiger partial charge >= 0.3 is 0 Å². The molecule has 3 saturated heterocycles. The van der Waals surface area contributed by atoms with Crippen LogP contribution >= 0.6 is 11.6 Å². The molecule has 61 heavy (non-hydrogen) atoms.